The van der Waals surface area contributed by atoms with E-state index in [4.69, 9.17) is 46.4 Å². The van der Waals surface area contributed by atoms with E-state index in [1.807, 2.05) is 0 Å². The fraction of sp³-hybridized carbons (Fsp3) is 0.625. The van der Waals surface area contributed by atoms with Gasteiger partial charge < -0.3 is 5.32 Å². The SMILES string of the molecule is CC(Cl)C(=O)NC(n1cncn1)C(Cl)(Cl)CCl. The van der Waals surface area contributed by atoms with Gasteiger partial charge in [-0.2, -0.15) is 5.10 Å². The molecule has 0 saturated heterocycles. The van der Waals surface area contributed by atoms with E-state index >= 15 is 0 Å². The lowest BCUT2D eigenvalue weighted by atomic mass is 10.3. The normalized spacial score (nSPS) is 15.4. The first-order valence-electron chi connectivity index (χ1n) is 4.61. The van der Waals surface area contributed by atoms with Gasteiger partial charge in [-0.05, 0) is 6.92 Å². The second-order valence-electron chi connectivity index (χ2n) is 3.30. The van der Waals surface area contributed by atoms with Crippen LogP contribution in [0.3, 0.4) is 0 Å². The minimum Gasteiger partial charge on any atom is -0.330 e. The predicted octanol–water partition coefficient (Wildman–Crippen LogP) is 1.93. The monoisotopic (exact) mass is 318 g/mol. The number of halogens is 4. The minimum atomic E-state index is -1.42. The Morgan fingerprint density at radius 2 is 2.24 bits per heavy atom. The number of alkyl halides is 4. The lowest BCUT2D eigenvalue weighted by molar-refractivity contribution is -0.122. The first-order valence-corrected chi connectivity index (χ1v) is 6.33. The van der Waals surface area contributed by atoms with Gasteiger partial charge in [0.25, 0.3) is 0 Å². The molecule has 0 aliphatic carbocycles. The van der Waals surface area contributed by atoms with Crippen molar-refractivity contribution in [3.05, 3.63) is 12.7 Å². The Morgan fingerprint density at radius 3 is 2.65 bits per heavy atom. The number of aromatic nitrogens is 3. The Labute approximate surface area is 118 Å². The second-order valence-corrected chi connectivity index (χ2v) is 5.76. The third-order valence-electron chi connectivity index (χ3n) is 1.92. The lowest BCUT2D eigenvalue weighted by Crippen LogP contribution is -2.46. The molecule has 0 aliphatic rings. The Bertz CT molecular complexity index is 368. The molecule has 0 spiro atoms. The highest BCUT2D eigenvalue weighted by molar-refractivity contribution is 6.51. The molecule has 5 nitrogen and oxygen atoms in total. The third-order valence-corrected chi connectivity index (χ3v) is 3.49. The predicted molar refractivity (Wildman–Crippen MR) is 67.7 cm³/mol. The maximum Gasteiger partial charge on any atom is 0.239 e. The molecule has 0 aromatic carbocycles. The average molecular weight is 320 g/mol. The number of nitrogens with zero attached hydrogens (tertiary/aromatic N) is 3. The van der Waals surface area contributed by atoms with E-state index in [1.54, 1.807) is 0 Å². The topological polar surface area (TPSA) is 59.8 Å². The van der Waals surface area contributed by atoms with E-state index in [-0.39, 0.29) is 5.88 Å². The largest absolute Gasteiger partial charge is 0.330 e. The van der Waals surface area contributed by atoms with Crippen molar-refractivity contribution in [2.45, 2.75) is 22.8 Å². The standard InChI is InChI=1S/C8H10Cl4N4O/c1-5(10)6(17)15-7(8(11,12)2-9)16-4-13-3-14-16/h3-5,7H,2H2,1H3,(H,15,17). The van der Waals surface area contributed by atoms with Crippen molar-refractivity contribution in [3.63, 3.8) is 0 Å². The highest BCUT2D eigenvalue weighted by Crippen LogP contribution is 2.33. The number of rotatable bonds is 5. The van der Waals surface area contributed by atoms with Gasteiger partial charge in [-0.15, -0.1) is 23.2 Å². The number of carbonyl (C=O) groups excluding carboxylic acids is 1. The van der Waals surface area contributed by atoms with Gasteiger partial charge in [0.2, 0.25) is 5.91 Å². The summed E-state index contributed by atoms with van der Waals surface area (Å²) in [6.07, 6.45) is 1.82. The summed E-state index contributed by atoms with van der Waals surface area (Å²) in [5.41, 5.74) is 0. The van der Waals surface area contributed by atoms with Crippen LogP contribution in [0.4, 0.5) is 0 Å². The summed E-state index contributed by atoms with van der Waals surface area (Å²) in [7, 11) is 0. The molecule has 1 amide bonds. The molecule has 1 N–H and O–H groups in total. The zero-order chi connectivity index (χ0) is 13.1. The van der Waals surface area contributed by atoms with Gasteiger partial charge in [0.15, 0.2) is 10.5 Å². The second kappa shape index (κ2) is 6.09. The van der Waals surface area contributed by atoms with Gasteiger partial charge >= 0.3 is 0 Å². The fourth-order valence-electron chi connectivity index (χ4n) is 1.04. The van der Waals surface area contributed by atoms with Gasteiger partial charge in [-0.1, -0.05) is 23.2 Å². The average Bonchev–Trinajstić information content (AvgIpc) is 2.78. The molecule has 2 unspecified atom stereocenters. The summed E-state index contributed by atoms with van der Waals surface area (Å²) >= 11 is 23.3. The fourth-order valence-corrected chi connectivity index (χ4v) is 1.56. The van der Waals surface area contributed by atoms with Crippen molar-refractivity contribution >= 4 is 52.3 Å². The Hall–Kier alpha value is -0.230. The van der Waals surface area contributed by atoms with Crippen molar-refractivity contribution in [1.29, 1.82) is 0 Å². The molecular weight excluding hydrogens is 310 g/mol. The molecule has 1 aromatic rings. The molecular formula is C8H10Cl4N4O. The van der Waals surface area contributed by atoms with Crippen molar-refractivity contribution in [2.75, 3.05) is 5.88 Å². The Morgan fingerprint density at radius 1 is 1.59 bits per heavy atom. The van der Waals surface area contributed by atoms with Crippen LogP contribution < -0.4 is 5.32 Å². The number of amides is 1. The summed E-state index contributed by atoms with van der Waals surface area (Å²) in [5.74, 6) is -0.527. The summed E-state index contributed by atoms with van der Waals surface area (Å²) in [4.78, 5) is 15.3. The number of nitrogens with one attached hydrogen (secondary N) is 1. The van der Waals surface area contributed by atoms with E-state index in [1.165, 1.54) is 24.3 Å². The highest BCUT2D eigenvalue weighted by atomic mass is 35.5. The van der Waals surface area contributed by atoms with E-state index in [9.17, 15) is 4.79 Å². The van der Waals surface area contributed by atoms with Crippen molar-refractivity contribution in [3.8, 4) is 0 Å². The van der Waals surface area contributed by atoms with Crippen molar-refractivity contribution in [2.24, 2.45) is 0 Å². The highest BCUT2D eigenvalue weighted by Gasteiger charge is 2.38. The quantitative estimate of drug-likeness (QED) is 0.844. The summed E-state index contributed by atoms with van der Waals surface area (Å²) < 4.78 is -0.115. The smallest absolute Gasteiger partial charge is 0.239 e. The van der Waals surface area contributed by atoms with E-state index in [0.29, 0.717) is 0 Å². The van der Waals surface area contributed by atoms with Crippen LogP contribution in [0.1, 0.15) is 13.1 Å². The summed E-state index contributed by atoms with van der Waals surface area (Å²) in [5, 5.41) is 5.69. The maximum absolute atomic E-state index is 11.5. The van der Waals surface area contributed by atoms with Crippen LogP contribution in [0.25, 0.3) is 0 Å². The molecule has 9 heteroatoms. The molecule has 1 rings (SSSR count). The van der Waals surface area contributed by atoms with Crippen LogP contribution in [0.15, 0.2) is 12.7 Å². The number of hydrogen-bond donors (Lipinski definition) is 1. The summed E-state index contributed by atoms with van der Waals surface area (Å²) in [6, 6.07) is 0. The molecule has 1 heterocycles. The number of carbonyl (C=O) groups is 1. The van der Waals surface area contributed by atoms with E-state index in [0.717, 1.165) is 0 Å². The van der Waals surface area contributed by atoms with Gasteiger partial charge in [0.05, 0.1) is 5.88 Å². The molecule has 0 aliphatic heterocycles. The first kappa shape index (κ1) is 14.8. The zero-order valence-electron chi connectivity index (χ0n) is 8.78. The molecule has 1 aromatic heterocycles. The van der Waals surface area contributed by atoms with Crippen LogP contribution in [-0.2, 0) is 4.79 Å². The van der Waals surface area contributed by atoms with Crippen LogP contribution in [0.5, 0.6) is 0 Å². The zero-order valence-corrected chi connectivity index (χ0v) is 11.8. The van der Waals surface area contributed by atoms with Gasteiger partial charge in [-0.25, -0.2) is 9.67 Å². The summed E-state index contributed by atoms with van der Waals surface area (Å²) in [6.45, 7) is 1.53. The van der Waals surface area contributed by atoms with E-state index < -0.39 is 21.8 Å². The molecule has 0 saturated carbocycles. The molecule has 96 valence electrons. The maximum atomic E-state index is 11.5. The molecule has 17 heavy (non-hydrogen) atoms. The lowest BCUT2D eigenvalue weighted by Gasteiger charge is -2.29. The molecule has 2 atom stereocenters. The van der Waals surface area contributed by atoms with Crippen LogP contribution in [0, 0.1) is 0 Å². The number of hydrogen-bond acceptors (Lipinski definition) is 3. The Kier molecular flexibility index (Phi) is 5.31. The van der Waals surface area contributed by atoms with Gasteiger partial charge in [0, 0.05) is 0 Å². The van der Waals surface area contributed by atoms with Crippen LogP contribution >= 0.6 is 46.4 Å². The first-order chi connectivity index (χ1) is 7.88. The molecule has 0 fully saturated rings. The van der Waals surface area contributed by atoms with Gasteiger partial charge in [-0.3, -0.25) is 4.79 Å². The minimum absolute atomic E-state index is 0.0996. The Balaban J connectivity index is 2.92. The van der Waals surface area contributed by atoms with E-state index in [2.05, 4.69) is 15.4 Å². The van der Waals surface area contributed by atoms with Crippen LogP contribution in [0.2, 0.25) is 0 Å². The third kappa shape index (κ3) is 3.88. The molecule has 0 bridgehead atoms. The van der Waals surface area contributed by atoms with Crippen molar-refractivity contribution in [1.82, 2.24) is 20.1 Å². The van der Waals surface area contributed by atoms with Crippen LogP contribution in [-0.4, -0.2) is 36.3 Å². The molecule has 0 radical (unpaired) electrons. The van der Waals surface area contributed by atoms with Gasteiger partial charge in [0.1, 0.15) is 18.0 Å². The van der Waals surface area contributed by atoms with Crippen molar-refractivity contribution < 1.29 is 4.79 Å².